The molecule has 0 saturated carbocycles. The van der Waals surface area contributed by atoms with E-state index in [1.54, 1.807) is 23.2 Å². The molecular weight excluding hydrogens is 398 g/mol. The van der Waals surface area contributed by atoms with E-state index in [-0.39, 0.29) is 17.9 Å². The highest BCUT2D eigenvalue weighted by Crippen LogP contribution is 2.27. The molecule has 1 N–H and O–H groups in total. The molecule has 0 radical (unpaired) electrons. The van der Waals surface area contributed by atoms with Gasteiger partial charge in [0.1, 0.15) is 11.3 Å². The summed E-state index contributed by atoms with van der Waals surface area (Å²) < 4.78 is 6.72. The topological polar surface area (TPSA) is 71.5 Å². The summed E-state index contributed by atoms with van der Waals surface area (Å²) in [5.41, 5.74) is 0.436. The maximum atomic E-state index is 12.9. The second kappa shape index (κ2) is 8.31. The van der Waals surface area contributed by atoms with Gasteiger partial charge in [0.05, 0.1) is 0 Å². The first kappa shape index (κ1) is 18.4. The minimum absolute atomic E-state index is 0.0354. The van der Waals surface area contributed by atoms with Crippen LogP contribution in [-0.2, 0) is 4.79 Å². The molecule has 1 aliphatic heterocycles. The van der Waals surface area contributed by atoms with E-state index in [4.69, 9.17) is 4.74 Å². The minimum Gasteiger partial charge on any atom is -0.438 e. The van der Waals surface area contributed by atoms with Crippen molar-refractivity contribution in [3.63, 3.8) is 0 Å². The number of hydrogen-bond acceptors (Lipinski definition) is 4. The van der Waals surface area contributed by atoms with Gasteiger partial charge in [0.2, 0.25) is 11.8 Å². The summed E-state index contributed by atoms with van der Waals surface area (Å²) in [6, 6.07) is 11.0. The number of benzene rings is 1. The number of piperidine rings is 1. The molecule has 2 aromatic rings. The van der Waals surface area contributed by atoms with Crippen LogP contribution in [-0.4, -0.2) is 40.8 Å². The molecule has 2 amide bonds. The summed E-state index contributed by atoms with van der Waals surface area (Å²) in [6.45, 7) is 2.70. The number of likely N-dealkylation sites (tertiary alicyclic amines) is 1. The average Bonchev–Trinajstić information content (AvgIpc) is 2.62. The summed E-state index contributed by atoms with van der Waals surface area (Å²) in [7, 11) is 0. The van der Waals surface area contributed by atoms with Crippen molar-refractivity contribution in [2.75, 3.05) is 13.1 Å². The van der Waals surface area contributed by atoms with E-state index in [0.29, 0.717) is 30.3 Å². The highest BCUT2D eigenvalue weighted by molar-refractivity contribution is 9.10. The van der Waals surface area contributed by atoms with Crippen molar-refractivity contribution < 1.29 is 14.3 Å². The predicted molar refractivity (Wildman–Crippen MR) is 101 cm³/mol. The van der Waals surface area contributed by atoms with Crippen LogP contribution in [0.3, 0.4) is 0 Å². The van der Waals surface area contributed by atoms with E-state index >= 15 is 0 Å². The Morgan fingerprint density at radius 3 is 2.69 bits per heavy atom. The van der Waals surface area contributed by atoms with E-state index < -0.39 is 0 Å². The third-order valence-electron chi connectivity index (χ3n) is 4.20. The zero-order chi connectivity index (χ0) is 18.5. The van der Waals surface area contributed by atoms with E-state index in [2.05, 4.69) is 26.2 Å². The lowest BCUT2D eigenvalue weighted by Gasteiger charge is -2.32. The number of nitrogens with one attached hydrogen (secondary N) is 1. The maximum Gasteiger partial charge on any atom is 0.259 e. The van der Waals surface area contributed by atoms with Crippen molar-refractivity contribution in [3.8, 4) is 11.6 Å². The Bertz CT molecular complexity index is 804. The Kier molecular flexibility index (Phi) is 5.88. The maximum absolute atomic E-state index is 12.9. The van der Waals surface area contributed by atoms with Gasteiger partial charge < -0.3 is 15.0 Å². The van der Waals surface area contributed by atoms with Gasteiger partial charge in [-0.2, -0.15) is 0 Å². The molecule has 1 aromatic heterocycles. The SMILES string of the molecule is CC(=O)NC1CCN(C(=O)c2cccnc2Oc2cccc(Br)c2)CC1. The highest BCUT2D eigenvalue weighted by atomic mass is 79.9. The van der Waals surface area contributed by atoms with Crippen molar-refractivity contribution in [1.29, 1.82) is 0 Å². The van der Waals surface area contributed by atoms with Gasteiger partial charge in [0, 0.05) is 36.7 Å². The number of pyridine rings is 1. The Balaban J connectivity index is 1.71. The number of carbonyl (C=O) groups excluding carboxylic acids is 2. The number of aromatic nitrogens is 1. The van der Waals surface area contributed by atoms with Gasteiger partial charge >= 0.3 is 0 Å². The molecule has 1 aliphatic rings. The predicted octanol–water partition coefficient (Wildman–Crippen LogP) is 3.38. The molecule has 26 heavy (non-hydrogen) atoms. The molecule has 136 valence electrons. The van der Waals surface area contributed by atoms with Crippen LogP contribution in [0.4, 0.5) is 0 Å². The van der Waals surface area contributed by atoms with Crippen LogP contribution in [0.15, 0.2) is 47.1 Å². The van der Waals surface area contributed by atoms with Crippen LogP contribution >= 0.6 is 15.9 Å². The van der Waals surface area contributed by atoms with Gasteiger partial charge in [-0.05, 0) is 43.2 Å². The number of amides is 2. The van der Waals surface area contributed by atoms with Gasteiger partial charge in [0.25, 0.3) is 5.91 Å². The van der Waals surface area contributed by atoms with E-state index in [1.807, 2.05) is 24.3 Å². The lowest BCUT2D eigenvalue weighted by molar-refractivity contribution is -0.119. The normalized spacial score (nSPS) is 14.8. The standard InChI is InChI=1S/C19H20BrN3O3/c1-13(24)22-15-7-10-23(11-8-15)19(25)17-6-3-9-21-18(17)26-16-5-2-4-14(20)12-16/h2-6,9,12,15H,7-8,10-11H2,1H3,(H,22,24). The van der Waals surface area contributed by atoms with Crippen molar-refractivity contribution in [1.82, 2.24) is 15.2 Å². The van der Waals surface area contributed by atoms with Crippen LogP contribution < -0.4 is 10.1 Å². The lowest BCUT2D eigenvalue weighted by Crippen LogP contribution is -2.46. The van der Waals surface area contributed by atoms with Crippen LogP contribution in [0.5, 0.6) is 11.6 Å². The van der Waals surface area contributed by atoms with Crippen LogP contribution in [0.1, 0.15) is 30.1 Å². The largest absolute Gasteiger partial charge is 0.438 e. The summed E-state index contributed by atoms with van der Waals surface area (Å²) in [5, 5.41) is 2.91. The number of hydrogen-bond donors (Lipinski definition) is 1. The molecule has 0 unspecified atom stereocenters. The molecule has 0 bridgehead atoms. The van der Waals surface area contributed by atoms with Gasteiger partial charge in [-0.15, -0.1) is 0 Å². The third kappa shape index (κ3) is 4.60. The van der Waals surface area contributed by atoms with Crippen molar-refractivity contribution in [2.24, 2.45) is 0 Å². The molecule has 1 fully saturated rings. The summed E-state index contributed by atoms with van der Waals surface area (Å²) in [6.07, 6.45) is 3.09. The first-order valence-electron chi connectivity index (χ1n) is 8.48. The molecule has 3 rings (SSSR count). The number of ether oxygens (including phenoxy) is 1. The molecular formula is C19H20BrN3O3. The number of rotatable bonds is 4. The zero-order valence-corrected chi connectivity index (χ0v) is 16.0. The first-order valence-corrected chi connectivity index (χ1v) is 9.27. The summed E-state index contributed by atoms with van der Waals surface area (Å²) >= 11 is 3.40. The minimum atomic E-state index is -0.107. The second-order valence-electron chi connectivity index (χ2n) is 6.18. The van der Waals surface area contributed by atoms with Gasteiger partial charge in [-0.1, -0.05) is 22.0 Å². The monoisotopic (exact) mass is 417 g/mol. The Morgan fingerprint density at radius 2 is 2.00 bits per heavy atom. The smallest absolute Gasteiger partial charge is 0.259 e. The molecule has 0 spiro atoms. The van der Waals surface area contributed by atoms with Crippen LogP contribution in [0.25, 0.3) is 0 Å². The van der Waals surface area contributed by atoms with Gasteiger partial charge in [-0.25, -0.2) is 4.98 Å². The molecule has 0 aliphatic carbocycles. The van der Waals surface area contributed by atoms with E-state index in [0.717, 1.165) is 17.3 Å². The highest BCUT2D eigenvalue weighted by Gasteiger charge is 2.26. The fourth-order valence-corrected chi connectivity index (χ4v) is 3.34. The molecule has 0 atom stereocenters. The molecule has 1 aromatic carbocycles. The summed E-state index contributed by atoms with van der Waals surface area (Å²) in [4.78, 5) is 30.1. The summed E-state index contributed by atoms with van der Waals surface area (Å²) in [5.74, 6) is 0.757. The van der Waals surface area contributed by atoms with Crippen LogP contribution in [0.2, 0.25) is 0 Å². The number of halogens is 1. The average molecular weight is 418 g/mol. The molecule has 7 heteroatoms. The first-order chi connectivity index (χ1) is 12.5. The number of carbonyl (C=O) groups is 2. The van der Waals surface area contributed by atoms with E-state index in [9.17, 15) is 9.59 Å². The van der Waals surface area contributed by atoms with Crippen LogP contribution in [0, 0.1) is 0 Å². The Morgan fingerprint density at radius 1 is 1.23 bits per heavy atom. The fraction of sp³-hybridized carbons (Fsp3) is 0.316. The van der Waals surface area contributed by atoms with E-state index in [1.165, 1.54) is 6.92 Å². The van der Waals surface area contributed by atoms with Gasteiger partial charge in [0.15, 0.2) is 0 Å². The van der Waals surface area contributed by atoms with Crippen molar-refractivity contribution in [2.45, 2.75) is 25.8 Å². The number of nitrogens with zero attached hydrogens (tertiary/aromatic N) is 2. The third-order valence-corrected chi connectivity index (χ3v) is 4.69. The molecule has 1 saturated heterocycles. The lowest BCUT2D eigenvalue weighted by atomic mass is 10.0. The zero-order valence-electron chi connectivity index (χ0n) is 14.4. The van der Waals surface area contributed by atoms with Gasteiger partial charge in [-0.3, -0.25) is 9.59 Å². The quantitative estimate of drug-likeness (QED) is 0.827. The fourth-order valence-electron chi connectivity index (χ4n) is 2.96. The molecule has 6 nitrogen and oxygen atoms in total. The second-order valence-corrected chi connectivity index (χ2v) is 7.10. The Hall–Kier alpha value is -2.41. The molecule has 2 heterocycles. The van der Waals surface area contributed by atoms with Crippen molar-refractivity contribution >= 4 is 27.7 Å². The Labute approximate surface area is 160 Å². The van der Waals surface area contributed by atoms with Crippen molar-refractivity contribution in [3.05, 3.63) is 52.6 Å².